The van der Waals surface area contributed by atoms with Gasteiger partial charge in [-0.25, -0.2) is 0 Å². The molecule has 0 saturated heterocycles. The fourth-order valence-electron chi connectivity index (χ4n) is 0.814. The highest BCUT2D eigenvalue weighted by Crippen LogP contribution is 2.36. The van der Waals surface area contributed by atoms with Crippen molar-refractivity contribution in [3.8, 4) is 0 Å². The van der Waals surface area contributed by atoms with Gasteiger partial charge in [0.15, 0.2) is 8.32 Å². The molecule has 0 amide bonds. The average Bonchev–Trinajstić information content (AvgIpc) is 2.04. The molecule has 0 aliphatic carbocycles. The van der Waals surface area contributed by atoms with Gasteiger partial charge in [-0.15, -0.1) is 0 Å². The van der Waals surface area contributed by atoms with Crippen molar-refractivity contribution < 1.29 is 4.43 Å². The van der Waals surface area contributed by atoms with E-state index in [4.69, 9.17) is 4.43 Å². The second kappa shape index (κ2) is 5.66. The summed E-state index contributed by atoms with van der Waals surface area (Å²) in [4.78, 5) is 0. The van der Waals surface area contributed by atoms with Crippen LogP contribution in [0.4, 0.5) is 0 Å². The molecular formula is C11H25BrOSi. The van der Waals surface area contributed by atoms with Crippen LogP contribution in [0.5, 0.6) is 0 Å². The molecule has 1 unspecified atom stereocenters. The molecule has 14 heavy (non-hydrogen) atoms. The van der Waals surface area contributed by atoms with Crippen LogP contribution < -0.4 is 0 Å². The van der Waals surface area contributed by atoms with Gasteiger partial charge in [-0.1, -0.05) is 50.0 Å². The Morgan fingerprint density at radius 2 is 1.79 bits per heavy atom. The molecule has 0 rings (SSSR count). The number of hydrogen-bond donors (Lipinski definition) is 0. The van der Waals surface area contributed by atoms with Gasteiger partial charge >= 0.3 is 0 Å². The summed E-state index contributed by atoms with van der Waals surface area (Å²) in [5.41, 5.74) is 0. The first-order chi connectivity index (χ1) is 6.24. The van der Waals surface area contributed by atoms with Gasteiger partial charge in [0, 0.05) is 11.9 Å². The minimum atomic E-state index is -1.52. The molecule has 0 bridgehead atoms. The van der Waals surface area contributed by atoms with E-state index < -0.39 is 8.32 Å². The summed E-state index contributed by atoms with van der Waals surface area (Å²) < 4.78 is 6.15. The Hall–Kier alpha value is 0.657. The Kier molecular flexibility index (Phi) is 5.93. The van der Waals surface area contributed by atoms with Gasteiger partial charge in [0.25, 0.3) is 0 Å². The minimum absolute atomic E-state index is 0.331. The van der Waals surface area contributed by atoms with Crippen molar-refractivity contribution in [2.45, 2.75) is 52.2 Å². The van der Waals surface area contributed by atoms with E-state index in [2.05, 4.69) is 56.7 Å². The Labute approximate surface area is 98.9 Å². The highest BCUT2D eigenvalue weighted by atomic mass is 79.9. The van der Waals surface area contributed by atoms with Crippen LogP contribution in [0.3, 0.4) is 0 Å². The van der Waals surface area contributed by atoms with Crippen molar-refractivity contribution in [3.63, 3.8) is 0 Å². The number of alkyl halides is 1. The number of rotatable bonds is 5. The van der Waals surface area contributed by atoms with E-state index in [0.717, 1.165) is 11.9 Å². The lowest BCUT2D eigenvalue weighted by Gasteiger charge is -2.37. The van der Waals surface area contributed by atoms with Crippen LogP contribution in [0.1, 0.15) is 34.1 Å². The van der Waals surface area contributed by atoms with E-state index in [9.17, 15) is 0 Å². The lowest BCUT2D eigenvalue weighted by Crippen LogP contribution is -2.42. The first-order valence-corrected chi connectivity index (χ1v) is 9.47. The molecule has 0 aliphatic heterocycles. The zero-order chi connectivity index (χ0) is 11.4. The fraction of sp³-hybridized carbons (Fsp3) is 1.00. The van der Waals surface area contributed by atoms with Gasteiger partial charge in [0.2, 0.25) is 0 Å². The highest BCUT2D eigenvalue weighted by Gasteiger charge is 2.37. The first-order valence-electron chi connectivity index (χ1n) is 5.44. The Balaban J connectivity index is 4.11. The van der Waals surface area contributed by atoms with Crippen LogP contribution in [0.2, 0.25) is 18.1 Å². The molecule has 0 heterocycles. The van der Waals surface area contributed by atoms with E-state index in [1.54, 1.807) is 0 Å². The molecule has 86 valence electrons. The molecule has 0 spiro atoms. The van der Waals surface area contributed by atoms with Crippen molar-refractivity contribution in [3.05, 3.63) is 0 Å². The van der Waals surface area contributed by atoms with Crippen molar-refractivity contribution in [2.75, 3.05) is 11.9 Å². The first kappa shape index (κ1) is 14.7. The van der Waals surface area contributed by atoms with Crippen molar-refractivity contribution in [1.82, 2.24) is 0 Å². The van der Waals surface area contributed by atoms with Gasteiger partial charge < -0.3 is 4.43 Å². The quantitative estimate of drug-likeness (QED) is 0.535. The van der Waals surface area contributed by atoms with Crippen LogP contribution in [-0.2, 0) is 4.43 Å². The van der Waals surface area contributed by atoms with Crippen LogP contribution in [0.15, 0.2) is 0 Å². The lowest BCUT2D eigenvalue weighted by molar-refractivity contribution is 0.237. The molecular weight excluding hydrogens is 256 g/mol. The summed E-state index contributed by atoms with van der Waals surface area (Å²) in [6, 6.07) is 0. The summed E-state index contributed by atoms with van der Waals surface area (Å²) in [5, 5.41) is 1.38. The van der Waals surface area contributed by atoms with Crippen molar-refractivity contribution in [1.29, 1.82) is 0 Å². The predicted octanol–water partition coefficient (Wildman–Crippen LogP) is 4.43. The predicted molar refractivity (Wildman–Crippen MR) is 70.7 cm³/mol. The van der Waals surface area contributed by atoms with E-state index in [0.29, 0.717) is 11.0 Å². The fourth-order valence-corrected chi connectivity index (χ4v) is 2.54. The largest absolute Gasteiger partial charge is 0.417 e. The summed E-state index contributed by atoms with van der Waals surface area (Å²) in [6.07, 6.45) is 1.19. The van der Waals surface area contributed by atoms with E-state index in [1.807, 2.05) is 0 Å². The second-order valence-electron chi connectivity index (χ2n) is 5.50. The van der Waals surface area contributed by atoms with Crippen LogP contribution in [-0.4, -0.2) is 20.3 Å². The zero-order valence-electron chi connectivity index (χ0n) is 10.5. The second-order valence-corrected chi connectivity index (χ2v) is 11.0. The molecule has 0 N–H and O–H groups in total. The maximum absolute atomic E-state index is 6.15. The van der Waals surface area contributed by atoms with E-state index >= 15 is 0 Å². The van der Waals surface area contributed by atoms with Gasteiger partial charge in [-0.2, -0.15) is 0 Å². The molecule has 0 aromatic rings. The van der Waals surface area contributed by atoms with Gasteiger partial charge in [0.1, 0.15) is 0 Å². The molecule has 0 radical (unpaired) electrons. The standard InChI is InChI=1S/C11H25BrOSi/c1-7-10(8-12)9-13-14(5,6)11(2,3)4/h10H,7-9H2,1-6H3. The van der Waals surface area contributed by atoms with Crippen molar-refractivity contribution in [2.24, 2.45) is 5.92 Å². The molecule has 1 atom stereocenters. The van der Waals surface area contributed by atoms with Gasteiger partial charge in [-0.3, -0.25) is 0 Å². The lowest BCUT2D eigenvalue weighted by atomic mass is 10.1. The number of halogens is 1. The maximum atomic E-state index is 6.15. The average molecular weight is 281 g/mol. The molecule has 3 heteroatoms. The van der Waals surface area contributed by atoms with Crippen LogP contribution in [0, 0.1) is 5.92 Å². The SMILES string of the molecule is CCC(CBr)CO[Si](C)(C)C(C)(C)C. The summed E-state index contributed by atoms with van der Waals surface area (Å²) >= 11 is 3.53. The molecule has 0 aromatic heterocycles. The van der Waals surface area contributed by atoms with Crippen LogP contribution in [0.25, 0.3) is 0 Å². The molecule has 0 aliphatic rings. The van der Waals surface area contributed by atoms with Gasteiger partial charge in [-0.05, 0) is 24.1 Å². The third-order valence-electron chi connectivity index (χ3n) is 3.28. The number of hydrogen-bond acceptors (Lipinski definition) is 1. The van der Waals surface area contributed by atoms with Crippen LogP contribution >= 0.6 is 15.9 Å². The summed E-state index contributed by atoms with van der Waals surface area (Å²) in [5.74, 6) is 0.670. The molecule has 0 saturated carbocycles. The molecule has 0 fully saturated rings. The molecule has 0 aromatic carbocycles. The van der Waals surface area contributed by atoms with Gasteiger partial charge in [0.05, 0.1) is 0 Å². The zero-order valence-corrected chi connectivity index (χ0v) is 13.1. The molecule has 1 nitrogen and oxygen atoms in total. The Morgan fingerprint density at radius 1 is 1.29 bits per heavy atom. The smallest absolute Gasteiger partial charge is 0.191 e. The summed E-state index contributed by atoms with van der Waals surface area (Å²) in [7, 11) is -1.52. The minimum Gasteiger partial charge on any atom is -0.417 e. The Bertz CT molecular complexity index is 159. The highest BCUT2D eigenvalue weighted by molar-refractivity contribution is 9.09. The topological polar surface area (TPSA) is 9.23 Å². The Morgan fingerprint density at radius 3 is 2.07 bits per heavy atom. The normalized spacial score (nSPS) is 15.6. The summed E-state index contributed by atoms with van der Waals surface area (Å²) in [6.45, 7) is 14.6. The van der Waals surface area contributed by atoms with E-state index in [-0.39, 0.29) is 0 Å². The maximum Gasteiger partial charge on any atom is 0.191 e. The van der Waals surface area contributed by atoms with E-state index in [1.165, 1.54) is 6.42 Å². The monoisotopic (exact) mass is 280 g/mol. The third kappa shape index (κ3) is 4.45. The third-order valence-corrected chi connectivity index (χ3v) is 8.70. The van der Waals surface area contributed by atoms with Crippen molar-refractivity contribution >= 4 is 24.2 Å².